The van der Waals surface area contributed by atoms with E-state index in [1.807, 2.05) is 66.5 Å². The van der Waals surface area contributed by atoms with E-state index in [9.17, 15) is 0 Å². The van der Waals surface area contributed by atoms with Crippen LogP contribution in [0, 0.1) is 0 Å². The highest BCUT2D eigenvalue weighted by molar-refractivity contribution is 7.98. The molecule has 0 amide bonds. The van der Waals surface area contributed by atoms with Crippen LogP contribution in [0.4, 0.5) is 0 Å². The Hall–Kier alpha value is -2.16. The summed E-state index contributed by atoms with van der Waals surface area (Å²) < 4.78 is 3.41. The molecule has 0 radical (unpaired) electrons. The van der Waals surface area contributed by atoms with Crippen molar-refractivity contribution in [2.45, 2.75) is 23.8 Å². The molecule has 3 aromatic rings. The van der Waals surface area contributed by atoms with E-state index in [-0.39, 0.29) is 12.0 Å². The van der Waals surface area contributed by atoms with Crippen molar-refractivity contribution in [3.05, 3.63) is 100 Å². The van der Waals surface area contributed by atoms with Crippen LogP contribution in [0.25, 0.3) is 0 Å². The highest BCUT2D eigenvalue weighted by Gasteiger charge is 2.31. The zero-order chi connectivity index (χ0) is 23.9. The molecule has 0 saturated heterocycles. The Morgan fingerprint density at radius 2 is 1.71 bits per heavy atom. The molecule has 3 N–H and O–H groups in total. The number of nitrogens with two attached hydrogens (primary N) is 1. The first-order chi connectivity index (χ1) is 16.5. The van der Waals surface area contributed by atoms with Crippen LogP contribution in [-0.2, 0) is 0 Å². The fourth-order valence-corrected chi connectivity index (χ4v) is 4.84. The maximum atomic E-state index is 6.14. The minimum atomic E-state index is 0.0216. The lowest BCUT2D eigenvalue weighted by Gasteiger charge is -2.20. The number of rotatable bonds is 7. The van der Waals surface area contributed by atoms with E-state index < -0.39 is 0 Å². The van der Waals surface area contributed by atoms with Gasteiger partial charge in [0.1, 0.15) is 0 Å². The van der Waals surface area contributed by atoms with E-state index in [2.05, 4.69) is 29.0 Å². The van der Waals surface area contributed by atoms with Crippen molar-refractivity contribution in [1.29, 1.82) is 0 Å². The van der Waals surface area contributed by atoms with Gasteiger partial charge in [-0.05, 0) is 66.4 Å². The van der Waals surface area contributed by atoms with Crippen molar-refractivity contribution in [3.8, 4) is 0 Å². The lowest BCUT2D eigenvalue weighted by molar-refractivity contribution is 0.461. The predicted molar refractivity (Wildman–Crippen MR) is 148 cm³/mol. The topological polar surface area (TPSA) is 66.0 Å². The van der Waals surface area contributed by atoms with Gasteiger partial charge in [0, 0.05) is 26.6 Å². The highest BCUT2D eigenvalue weighted by atomic mass is 35.5. The number of guanidine groups is 1. The molecule has 1 aliphatic heterocycles. The fraction of sp³-hybridized carbons (Fsp3) is 0.200. The standard InChI is InChI=1S/C25H25Cl2N5S2/c1-17(16-33-28)29-25(31-34-22-13-11-21(27)12-14-22)32-15-23(18-5-3-2-4-6-18)24(30-32)19-7-9-20(26)10-8-19/h2-14,17,23H,15-16,28H2,1H3,(H,29,31)/t17-,23?/m0/s1. The van der Waals surface area contributed by atoms with E-state index in [0.717, 1.165) is 16.2 Å². The summed E-state index contributed by atoms with van der Waals surface area (Å²) >= 11 is 14.9. The van der Waals surface area contributed by atoms with Gasteiger partial charge in [-0.2, -0.15) is 5.10 Å². The van der Waals surface area contributed by atoms with Gasteiger partial charge in [0.25, 0.3) is 0 Å². The molecular formula is C25H25Cl2N5S2. The summed E-state index contributed by atoms with van der Waals surface area (Å²) in [6.07, 6.45) is 0. The SMILES string of the molecule is C[C@@H](CSN)N=C(NSc1ccc(Cl)cc1)N1CC(c2ccccc2)C(c2ccc(Cl)cc2)=N1. The Bertz CT molecular complexity index is 1140. The zero-order valence-electron chi connectivity index (χ0n) is 18.6. The molecule has 3 aromatic carbocycles. The summed E-state index contributed by atoms with van der Waals surface area (Å²) in [5, 5.41) is 14.1. The van der Waals surface area contributed by atoms with Gasteiger partial charge in [-0.25, -0.2) is 10.0 Å². The van der Waals surface area contributed by atoms with E-state index in [4.69, 9.17) is 38.4 Å². The summed E-state index contributed by atoms with van der Waals surface area (Å²) in [5.74, 6) is 1.49. The van der Waals surface area contributed by atoms with Gasteiger partial charge in [0.15, 0.2) is 0 Å². The summed E-state index contributed by atoms with van der Waals surface area (Å²) in [6.45, 7) is 2.71. The van der Waals surface area contributed by atoms with Crippen LogP contribution < -0.4 is 9.86 Å². The summed E-state index contributed by atoms with van der Waals surface area (Å²) in [6, 6.07) is 25.9. The van der Waals surface area contributed by atoms with Crippen LogP contribution in [0.5, 0.6) is 0 Å². The van der Waals surface area contributed by atoms with E-state index in [1.54, 1.807) is 0 Å². The molecule has 34 heavy (non-hydrogen) atoms. The molecule has 1 unspecified atom stereocenters. The van der Waals surface area contributed by atoms with Crippen molar-refractivity contribution in [2.24, 2.45) is 15.2 Å². The molecule has 5 nitrogen and oxygen atoms in total. The Kier molecular flexibility index (Phi) is 8.80. The number of hydrazone groups is 1. The third-order valence-electron chi connectivity index (χ3n) is 5.25. The number of nitrogens with one attached hydrogen (secondary N) is 1. The third kappa shape index (κ3) is 6.49. The first-order valence-electron chi connectivity index (χ1n) is 10.8. The second kappa shape index (κ2) is 12.0. The molecule has 0 aliphatic carbocycles. The summed E-state index contributed by atoms with van der Waals surface area (Å²) in [5.41, 5.74) is 3.22. The first-order valence-corrected chi connectivity index (χ1v) is 13.4. The number of benzene rings is 3. The molecule has 0 fully saturated rings. The molecule has 0 spiro atoms. The zero-order valence-corrected chi connectivity index (χ0v) is 21.7. The molecule has 9 heteroatoms. The average Bonchev–Trinajstić information content (AvgIpc) is 3.29. The minimum absolute atomic E-state index is 0.0216. The summed E-state index contributed by atoms with van der Waals surface area (Å²) in [4.78, 5) is 5.93. The Morgan fingerprint density at radius 1 is 1.06 bits per heavy atom. The smallest absolute Gasteiger partial charge is 0.225 e. The van der Waals surface area contributed by atoms with Crippen molar-refractivity contribution in [2.75, 3.05) is 12.3 Å². The lowest BCUT2D eigenvalue weighted by atomic mass is 9.91. The number of hydrogen-bond donors (Lipinski definition) is 2. The van der Waals surface area contributed by atoms with Gasteiger partial charge in [-0.3, -0.25) is 9.86 Å². The summed E-state index contributed by atoms with van der Waals surface area (Å²) in [7, 11) is 0. The first kappa shape index (κ1) is 24.9. The van der Waals surface area contributed by atoms with E-state index in [1.165, 1.54) is 29.5 Å². The predicted octanol–water partition coefficient (Wildman–Crippen LogP) is 6.45. The van der Waals surface area contributed by atoms with Crippen molar-refractivity contribution in [1.82, 2.24) is 9.73 Å². The maximum Gasteiger partial charge on any atom is 0.225 e. The molecular weight excluding hydrogens is 505 g/mol. The van der Waals surface area contributed by atoms with E-state index in [0.29, 0.717) is 28.3 Å². The molecule has 176 valence electrons. The molecule has 0 aromatic heterocycles. The van der Waals surface area contributed by atoms with Crippen LogP contribution in [-0.4, -0.2) is 35.0 Å². The molecule has 1 heterocycles. The van der Waals surface area contributed by atoms with Crippen molar-refractivity contribution < 1.29 is 0 Å². The van der Waals surface area contributed by atoms with E-state index >= 15 is 0 Å². The molecule has 4 rings (SSSR count). The van der Waals surface area contributed by atoms with Gasteiger partial charge in [0.2, 0.25) is 5.96 Å². The second-order valence-electron chi connectivity index (χ2n) is 7.83. The highest BCUT2D eigenvalue weighted by Crippen LogP contribution is 2.30. The average molecular weight is 531 g/mol. The van der Waals surface area contributed by atoms with Crippen molar-refractivity contribution >= 4 is 58.8 Å². The third-order valence-corrected chi connectivity index (χ3v) is 7.23. The largest absolute Gasteiger partial charge is 0.295 e. The molecule has 2 atom stereocenters. The number of nitrogens with zero attached hydrogens (tertiary/aromatic N) is 3. The molecule has 1 aliphatic rings. The number of halogens is 2. The second-order valence-corrected chi connectivity index (χ2v) is 10.2. The molecule has 0 bridgehead atoms. The van der Waals surface area contributed by atoms with Gasteiger partial charge < -0.3 is 0 Å². The number of aliphatic imine (C=N–C) groups is 1. The minimum Gasteiger partial charge on any atom is -0.295 e. The van der Waals surface area contributed by atoms with Gasteiger partial charge in [0.05, 0.1) is 18.3 Å². The van der Waals surface area contributed by atoms with Gasteiger partial charge in [-0.15, -0.1) is 0 Å². The Morgan fingerprint density at radius 3 is 2.35 bits per heavy atom. The quantitative estimate of drug-likeness (QED) is 0.209. The van der Waals surface area contributed by atoms with Crippen LogP contribution >= 0.6 is 47.1 Å². The molecule has 0 saturated carbocycles. The van der Waals surface area contributed by atoms with Crippen molar-refractivity contribution in [3.63, 3.8) is 0 Å². The van der Waals surface area contributed by atoms with Crippen LogP contribution in [0.15, 0.2) is 93.9 Å². The maximum absolute atomic E-state index is 6.14. The Labute approximate surface area is 219 Å². The Balaban J connectivity index is 1.66. The fourth-order valence-electron chi connectivity index (χ4n) is 3.60. The van der Waals surface area contributed by atoms with Crippen LogP contribution in [0.3, 0.4) is 0 Å². The van der Waals surface area contributed by atoms with Gasteiger partial charge in [-0.1, -0.05) is 77.6 Å². The lowest BCUT2D eigenvalue weighted by Crippen LogP contribution is -2.35. The van der Waals surface area contributed by atoms with Gasteiger partial charge >= 0.3 is 0 Å². The number of hydrogen-bond acceptors (Lipinski definition) is 5. The van der Waals surface area contributed by atoms with Crippen LogP contribution in [0.2, 0.25) is 10.0 Å². The normalized spacial score (nSPS) is 16.9. The van der Waals surface area contributed by atoms with Crippen LogP contribution in [0.1, 0.15) is 24.0 Å². The monoisotopic (exact) mass is 529 g/mol.